The number of benzene rings is 3. The van der Waals surface area contributed by atoms with Gasteiger partial charge in [-0.2, -0.15) is 0 Å². The Labute approximate surface area is 206 Å². The van der Waals surface area contributed by atoms with E-state index in [-0.39, 0.29) is 5.92 Å². The summed E-state index contributed by atoms with van der Waals surface area (Å²) < 4.78 is 6.03. The molecule has 6 heteroatoms. The predicted octanol–water partition coefficient (Wildman–Crippen LogP) is 6.15. The third-order valence-corrected chi connectivity index (χ3v) is 6.03. The maximum Gasteiger partial charge on any atom is 0.335 e. The summed E-state index contributed by atoms with van der Waals surface area (Å²) in [5, 5.41) is 23.6. The molecule has 0 saturated heterocycles. The molecule has 0 aromatic heterocycles. The topological polar surface area (TPSA) is 78.8 Å². The Morgan fingerprint density at radius 2 is 1.74 bits per heavy atom. The van der Waals surface area contributed by atoms with Gasteiger partial charge in [0.05, 0.1) is 11.7 Å². The van der Waals surface area contributed by atoms with Crippen LogP contribution < -0.4 is 10.1 Å². The molecule has 0 aliphatic carbocycles. The Balaban J connectivity index is 1.62. The highest BCUT2D eigenvalue weighted by atomic mass is 35.5. The third-order valence-electron chi connectivity index (χ3n) is 5.79. The van der Waals surface area contributed by atoms with Gasteiger partial charge in [-0.05, 0) is 83.5 Å². The summed E-state index contributed by atoms with van der Waals surface area (Å²) in [6, 6.07) is 16.9. The molecule has 3 aromatic carbocycles. The highest BCUT2D eigenvalue weighted by Crippen LogP contribution is 2.32. The normalized spacial score (nSPS) is 12.1. The van der Waals surface area contributed by atoms with E-state index in [9.17, 15) is 15.0 Å². The zero-order chi connectivity index (χ0) is 24.8. The fourth-order valence-corrected chi connectivity index (χ4v) is 4.25. The first-order valence-corrected chi connectivity index (χ1v) is 11.8. The monoisotopic (exact) mass is 481 g/mol. The second kappa shape index (κ2) is 11.5. The van der Waals surface area contributed by atoms with Gasteiger partial charge in [0.25, 0.3) is 0 Å². The zero-order valence-electron chi connectivity index (χ0n) is 20.1. The fourth-order valence-electron chi connectivity index (χ4n) is 4.06. The van der Waals surface area contributed by atoms with Gasteiger partial charge in [0.15, 0.2) is 0 Å². The maximum absolute atomic E-state index is 11.6. The largest absolute Gasteiger partial charge is 0.492 e. The lowest BCUT2D eigenvalue weighted by molar-refractivity contribution is 0.0695. The Morgan fingerprint density at radius 3 is 2.35 bits per heavy atom. The SMILES string of the molecule is Cc1cc(-c2ccc(C(=O)O)c(C(C)C)c2)cc(C)c1OCCNC[C@H](O)c1cccc(Cl)c1. The van der Waals surface area contributed by atoms with Crippen LogP contribution in [0, 0.1) is 13.8 Å². The summed E-state index contributed by atoms with van der Waals surface area (Å²) in [4.78, 5) is 11.6. The van der Waals surface area contributed by atoms with Gasteiger partial charge in [-0.15, -0.1) is 0 Å². The van der Waals surface area contributed by atoms with Crippen molar-refractivity contribution in [3.63, 3.8) is 0 Å². The van der Waals surface area contributed by atoms with Crippen molar-refractivity contribution in [3.8, 4) is 16.9 Å². The van der Waals surface area contributed by atoms with Gasteiger partial charge in [0.1, 0.15) is 12.4 Å². The van der Waals surface area contributed by atoms with Gasteiger partial charge in [0.2, 0.25) is 0 Å². The summed E-state index contributed by atoms with van der Waals surface area (Å²) in [5.41, 5.74) is 6.00. The average Bonchev–Trinajstić information content (AvgIpc) is 2.79. The summed E-state index contributed by atoms with van der Waals surface area (Å²) in [5.74, 6) is 0.0491. The van der Waals surface area contributed by atoms with E-state index in [1.165, 1.54) is 0 Å². The number of rotatable bonds is 10. The molecule has 5 nitrogen and oxygen atoms in total. The van der Waals surface area contributed by atoms with Crippen LogP contribution in [-0.2, 0) is 0 Å². The quantitative estimate of drug-likeness (QED) is 0.303. The van der Waals surface area contributed by atoms with Crippen molar-refractivity contribution in [3.05, 3.63) is 87.4 Å². The first-order chi connectivity index (χ1) is 16.2. The molecular weight excluding hydrogens is 450 g/mol. The van der Waals surface area contributed by atoms with Crippen LogP contribution in [0.15, 0.2) is 54.6 Å². The van der Waals surface area contributed by atoms with E-state index in [0.29, 0.717) is 30.3 Å². The van der Waals surface area contributed by atoms with Crippen LogP contribution >= 0.6 is 11.6 Å². The number of carbonyl (C=O) groups is 1. The van der Waals surface area contributed by atoms with E-state index in [1.54, 1.807) is 18.2 Å². The number of aromatic carboxylic acids is 1. The first-order valence-electron chi connectivity index (χ1n) is 11.4. The molecular formula is C28H32ClNO4. The number of carboxylic acid groups (broad SMARTS) is 1. The second-order valence-corrected chi connectivity index (χ2v) is 9.26. The smallest absolute Gasteiger partial charge is 0.335 e. The molecule has 0 radical (unpaired) electrons. The molecule has 3 aromatic rings. The van der Waals surface area contributed by atoms with E-state index in [1.807, 2.05) is 52.0 Å². The second-order valence-electron chi connectivity index (χ2n) is 8.82. The average molecular weight is 482 g/mol. The van der Waals surface area contributed by atoms with E-state index >= 15 is 0 Å². The minimum Gasteiger partial charge on any atom is -0.492 e. The Morgan fingerprint density at radius 1 is 1.03 bits per heavy atom. The minimum absolute atomic E-state index is 0.112. The Hall–Kier alpha value is -2.86. The van der Waals surface area contributed by atoms with Crippen molar-refractivity contribution in [2.24, 2.45) is 0 Å². The van der Waals surface area contributed by atoms with Crippen molar-refractivity contribution < 1.29 is 19.7 Å². The number of aliphatic hydroxyl groups is 1. The first kappa shape index (κ1) is 25.8. The molecule has 3 N–H and O–H groups in total. The van der Waals surface area contributed by atoms with E-state index in [0.717, 1.165) is 39.1 Å². The fraction of sp³-hybridized carbons (Fsp3) is 0.321. The summed E-state index contributed by atoms with van der Waals surface area (Å²) in [6.07, 6.45) is -0.635. The van der Waals surface area contributed by atoms with Crippen LogP contribution in [0.3, 0.4) is 0 Å². The summed E-state index contributed by atoms with van der Waals surface area (Å²) >= 11 is 5.99. The van der Waals surface area contributed by atoms with Crippen LogP contribution in [0.25, 0.3) is 11.1 Å². The summed E-state index contributed by atoms with van der Waals surface area (Å²) in [6.45, 7) is 9.49. The van der Waals surface area contributed by atoms with Crippen LogP contribution in [0.5, 0.6) is 5.75 Å². The van der Waals surface area contributed by atoms with Crippen molar-refractivity contribution in [1.29, 1.82) is 0 Å². The predicted molar refractivity (Wildman–Crippen MR) is 137 cm³/mol. The molecule has 180 valence electrons. The van der Waals surface area contributed by atoms with Crippen molar-refractivity contribution >= 4 is 17.6 Å². The van der Waals surface area contributed by atoms with E-state index < -0.39 is 12.1 Å². The van der Waals surface area contributed by atoms with E-state index in [2.05, 4.69) is 17.4 Å². The molecule has 0 fully saturated rings. The molecule has 0 heterocycles. The Bertz CT molecular complexity index is 1140. The number of ether oxygens (including phenoxy) is 1. The molecule has 34 heavy (non-hydrogen) atoms. The molecule has 0 unspecified atom stereocenters. The summed E-state index contributed by atoms with van der Waals surface area (Å²) in [7, 11) is 0. The highest BCUT2D eigenvalue weighted by molar-refractivity contribution is 6.30. The number of aliphatic hydroxyl groups excluding tert-OH is 1. The van der Waals surface area contributed by atoms with Gasteiger partial charge in [-0.25, -0.2) is 4.79 Å². The van der Waals surface area contributed by atoms with Crippen LogP contribution in [0.4, 0.5) is 0 Å². The molecule has 1 atom stereocenters. The zero-order valence-corrected chi connectivity index (χ0v) is 20.8. The van der Waals surface area contributed by atoms with Crippen LogP contribution in [-0.4, -0.2) is 35.9 Å². The standard InChI is InChI=1S/C28H32ClNO4/c1-17(2)25-15-20(8-9-24(25)28(32)33)22-12-18(3)27(19(4)13-22)34-11-10-30-16-26(31)21-6-5-7-23(29)14-21/h5-9,12-15,17,26,30-31H,10-11,16H2,1-4H3,(H,32,33)/t26-/m0/s1. The number of carboxylic acids is 1. The van der Waals surface area contributed by atoms with Gasteiger partial charge in [0, 0.05) is 18.1 Å². The molecule has 0 amide bonds. The molecule has 0 aliphatic rings. The molecule has 0 spiro atoms. The highest BCUT2D eigenvalue weighted by Gasteiger charge is 2.15. The molecule has 0 aliphatic heterocycles. The van der Waals surface area contributed by atoms with Crippen molar-refractivity contribution in [1.82, 2.24) is 5.32 Å². The van der Waals surface area contributed by atoms with Crippen LogP contribution in [0.2, 0.25) is 5.02 Å². The molecule has 0 saturated carbocycles. The maximum atomic E-state index is 11.6. The Kier molecular flexibility index (Phi) is 8.72. The number of aryl methyl sites for hydroxylation is 2. The number of nitrogens with one attached hydrogen (secondary N) is 1. The molecule has 0 bridgehead atoms. The van der Waals surface area contributed by atoms with Gasteiger partial charge < -0.3 is 20.3 Å². The number of hydrogen-bond acceptors (Lipinski definition) is 4. The van der Waals surface area contributed by atoms with Crippen molar-refractivity contribution in [2.45, 2.75) is 39.7 Å². The molecule has 3 rings (SSSR count). The van der Waals surface area contributed by atoms with E-state index in [4.69, 9.17) is 16.3 Å². The van der Waals surface area contributed by atoms with Gasteiger partial charge >= 0.3 is 5.97 Å². The number of halogens is 1. The van der Waals surface area contributed by atoms with Crippen molar-refractivity contribution in [2.75, 3.05) is 19.7 Å². The number of hydrogen-bond donors (Lipinski definition) is 3. The third kappa shape index (κ3) is 6.38. The van der Waals surface area contributed by atoms with Gasteiger partial charge in [-0.3, -0.25) is 0 Å². The van der Waals surface area contributed by atoms with Gasteiger partial charge in [-0.1, -0.05) is 49.7 Å². The lowest BCUT2D eigenvalue weighted by atomic mass is 9.91. The lowest BCUT2D eigenvalue weighted by Crippen LogP contribution is -2.26. The minimum atomic E-state index is -0.903. The van der Waals surface area contributed by atoms with Crippen LogP contribution in [0.1, 0.15) is 58.5 Å². The lowest BCUT2D eigenvalue weighted by Gasteiger charge is -2.17.